The van der Waals surface area contributed by atoms with Gasteiger partial charge in [-0.1, -0.05) is 20.8 Å². The number of hydrogen-bond donors (Lipinski definition) is 0. The SMILES string of the molecule is CC(C)(C)c1cc(OCC(F)(F)F)cs1. The van der Waals surface area contributed by atoms with Gasteiger partial charge in [-0.3, -0.25) is 0 Å². The molecule has 0 saturated carbocycles. The Bertz CT molecular complexity index is 322. The highest BCUT2D eigenvalue weighted by Crippen LogP contribution is 2.32. The lowest BCUT2D eigenvalue weighted by Crippen LogP contribution is -2.19. The van der Waals surface area contributed by atoms with Gasteiger partial charge in [0.1, 0.15) is 5.75 Å². The van der Waals surface area contributed by atoms with Crippen LogP contribution in [0.1, 0.15) is 25.6 Å². The van der Waals surface area contributed by atoms with Crippen molar-refractivity contribution in [3.8, 4) is 5.75 Å². The van der Waals surface area contributed by atoms with Gasteiger partial charge >= 0.3 is 6.18 Å². The maximum Gasteiger partial charge on any atom is 0.422 e. The first-order chi connectivity index (χ1) is 6.68. The van der Waals surface area contributed by atoms with Crippen LogP contribution in [0.25, 0.3) is 0 Å². The molecule has 0 N–H and O–H groups in total. The second-order valence-electron chi connectivity index (χ2n) is 4.30. The smallest absolute Gasteiger partial charge is 0.422 e. The van der Waals surface area contributed by atoms with E-state index in [1.807, 2.05) is 20.8 Å². The van der Waals surface area contributed by atoms with E-state index in [-0.39, 0.29) is 5.41 Å². The highest BCUT2D eigenvalue weighted by Gasteiger charge is 2.28. The zero-order valence-electron chi connectivity index (χ0n) is 8.81. The molecule has 1 heterocycles. The second-order valence-corrected chi connectivity index (χ2v) is 5.21. The van der Waals surface area contributed by atoms with Gasteiger partial charge in [-0.2, -0.15) is 13.2 Å². The van der Waals surface area contributed by atoms with Crippen LogP contribution in [0, 0.1) is 0 Å². The zero-order chi connectivity index (χ0) is 11.7. The van der Waals surface area contributed by atoms with Crippen molar-refractivity contribution in [1.82, 2.24) is 0 Å². The van der Waals surface area contributed by atoms with E-state index in [2.05, 4.69) is 4.74 Å². The summed E-state index contributed by atoms with van der Waals surface area (Å²) in [5, 5.41) is 1.60. The van der Waals surface area contributed by atoms with Gasteiger partial charge in [0.2, 0.25) is 0 Å². The molecule has 1 aromatic rings. The Morgan fingerprint density at radius 2 is 1.87 bits per heavy atom. The van der Waals surface area contributed by atoms with Crippen LogP contribution in [-0.4, -0.2) is 12.8 Å². The molecule has 0 amide bonds. The summed E-state index contributed by atoms with van der Waals surface area (Å²) in [5.41, 5.74) is -0.0511. The first-order valence-electron chi connectivity index (χ1n) is 4.47. The summed E-state index contributed by atoms with van der Waals surface area (Å²) in [4.78, 5) is 1.01. The molecule has 1 nitrogen and oxygen atoms in total. The first kappa shape index (κ1) is 12.4. The van der Waals surface area contributed by atoms with E-state index >= 15 is 0 Å². The lowest BCUT2D eigenvalue weighted by molar-refractivity contribution is -0.153. The van der Waals surface area contributed by atoms with Crippen LogP contribution in [0.3, 0.4) is 0 Å². The third-order valence-corrected chi connectivity index (χ3v) is 3.05. The zero-order valence-corrected chi connectivity index (χ0v) is 9.63. The van der Waals surface area contributed by atoms with Crippen molar-refractivity contribution < 1.29 is 17.9 Å². The molecule has 0 unspecified atom stereocenters. The fourth-order valence-electron chi connectivity index (χ4n) is 0.953. The number of alkyl halides is 3. The highest BCUT2D eigenvalue weighted by molar-refractivity contribution is 7.10. The maximum atomic E-state index is 11.9. The van der Waals surface area contributed by atoms with Crippen LogP contribution in [0.5, 0.6) is 5.75 Å². The van der Waals surface area contributed by atoms with Crippen molar-refractivity contribution in [2.45, 2.75) is 32.4 Å². The molecule has 0 aliphatic carbocycles. The van der Waals surface area contributed by atoms with Crippen molar-refractivity contribution >= 4 is 11.3 Å². The maximum absolute atomic E-state index is 11.9. The molecule has 0 aliphatic heterocycles. The average Bonchev–Trinajstić information content (AvgIpc) is 2.45. The lowest BCUT2D eigenvalue weighted by Gasteiger charge is -2.15. The predicted molar refractivity (Wildman–Crippen MR) is 54.6 cm³/mol. The number of halogens is 3. The molecular weight excluding hydrogens is 225 g/mol. The largest absolute Gasteiger partial charge is 0.483 e. The van der Waals surface area contributed by atoms with Crippen LogP contribution >= 0.6 is 11.3 Å². The monoisotopic (exact) mass is 238 g/mol. The molecule has 15 heavy (non-hydrogen) atoms. The molecule has 0 atom stereocenters. The molecule has 0 aliphatic rings. The van der Waals surface area contributed by atoms with Crippen molar-refractivity contribution in [2.75, 3.05) is 6.61 Å². The Morgan fingerprint density at radius 3 is 2.27 bits per heavy atom. The molecule has 1 rings (SSSR count). The molecular formula is C10H13F3OS. The van der Waals surface area contributed by atoms with E-state index in [9.17, 15) is 13.2 Å². The summed E-state index contributed by atoms with van der Waals surface area (Å²) >= 11 is 1.41. The quantitative estimate of drug-likeness (QED) is 0.757. The van der Waals surface area contributed by atoms with Gasteiger partial charge in [0.15, 0.2) is 6.61 Å². The van der Waals surface area contributed by atoms with E-state index in [1.165, 1.54) is 11.3 Å². The molecule has 0 radical (unpaired) electrons. The van der Waals surface area contributed by atoms with Crippen LogP contribution in [0.2, 0.25) is 0 Å². The van der Waals surface area contributed by atoms with Gasteiger partial charge < -0.3 is 4.74 Å². The molecule has 0 fully saturated rings. The number of hydrogen-bond acceptors (Lipinski definition) is 2. The summed E-state index contributed by atoms with van der Waals surface area (Å²) in [5.74, 6) is 0.294. The van der Waals surface area contributed by atoms with Crippen LogP contribution < -0.4 is 4.74 Å². The van der Waals surface area contributed by atoms with Crippen molar-refractivity contribution in [3.63, 3.8) is 0 Å². The van der Waals surface area contributed by atoms with E-state index in [0.717, 1.165) is 4.88 Å². The van der Waals surface area contributed by atoms with Crippen molar-refractivity contribution in [2.24, 2.45) is 0 Å². The Morgan fingerprint density at radius 1 is 1.27 bits per heavy atom. The average molecular weight is 238 g/mol. The molecule has 5 heteroatoms. The van der Waals surface area contributed by atoms with Gasteiger partial charge in [-0.15, -0.1) is 11.3 Å². The minimum absolute atomic E-state index is 0.0511. The Kier molecular flexibility index (Phi) is 3.33. The van der Waals surface area contributed by atoms with Gasteiger partial charge in [-0.25, -0.2) is 0 Å². The minimum Gasteiger partial charge on any atom is -0.483 e. The molecule has 0 saturated heterocycles. The first-order valence-corrected chi connectivity index (χ1v) is 5.35. The van der Waals surface area contributed by atoms with Gasteiger partial charge in [0.25, 0.3) is 0 Å². The summed E-state index contributed by atoms with van der Waals surface area (Å²) in [7, 11) is 0. The van der Waals surface area contributed by atoms with Crippen LogP contribution in [0.4, 0.5) is 13.2 Å². The minimum atomic E-state index is -4.27. The van der Waals surface area contributed by atoms with Gasteiger partial charge in [-0.05, 0) is 11.5 Å². The van der Waals surface area contributed by atoms with E-state index in [1.54, 1.807) is 11.4 Å². The summed E-state index contributed by atoms with van der Waals surface area (Å²) in [6, 6.07) is 1.66. The predicted octanol–water partition coefficient (Wildman–Crippen LogP) is 3.99. The second kappa shape index (κ2) is 4.04. The summed E-state index contributed by atoms with van der Waals surface area (Å²) in [6.07, 6.45) is -4.27. The van der Waals surface area contributed by atoms with E-state index < -0.39 is 12.8 Å². The topological polar surface area (TPSA) is 9.23 Å². The van der Waals surface area contributed by atoms with Gasteiger partial charge in [0.05, 0.1) is 0 Å². The lowest BCUT2D eigenvalue weighted by atomic mass is 9.95. The van der Waals surface area contributed by atoms with Crippen molar-refractivity contribution in [1.29, 1.82) is 0 Å². The fourth-order valence-corrected chi connectivity index (χ4v) is 1.87. The summed E-state index contributed by atoms with van der Waals surface area (Å²) < 4.78 is 40.2. The summed E-state index contributed by atoms with van der Waals surface area (Å²) in [6.45, 7) is 4.79. The Labute approximate surface area is 90.9 Å². The van der Waals surface area contributed by atoms with Crippen LogP contribution in [-0.2, 0) is 5.41 Å². The third-order valence-electron chi connectivity index (χ3n) is 1.72. The fraction of sp³-hybridized carbons (Fsp3) is 0.600. The van der Waals surface area contributed by atoms with Gasteiger partial charge in [0, 0.05) is 10.3 Å². The molecule has 0 spiro atoms. The number of ether oxygens (including phenoxy) is 1. The highest BCUT2D eigenvalue weighted by atomic mass is 32.1. The van der Waals surface area contributed by atoms with E-state index in [0.29, 0.717) is 5.75 Å². The molecule has 0 bridgehead atoms. The number of thiophene rings is 1. The Balaban J connectivity index is 2.62. The van der Waals surface area contributed by atoms with E-state index in [4.69, 9.17) is 0 Å². The standard InChI is InChI=1S/C10H13F3OS/c1-9(2,3)8-4-7(5-15-8)14-6-10(11,12)13/h4-5H,6H2,1-3H3. The third kappa shape index (κ3) is 4.11. The normalized spacial score (nSPS) is 12.9. The van der Waals surface area contributed by atoms with Crippen LogP contribution in [0.15, 0.2) is 11.4 Å². The Hall–Kier alpha value is -0.710. The number of rotatable bonds is 2. The van der Waals surface area contributed by atoms with Crippen molar-refractivity contribution in [3.05, 3.63) is 16.3 Å². The molecule has 0 aromatic carbocycles. The molecule has 86 valence electrons. The molecule has 1 aromatic heterocycles.